The molecule has 0 bridgehead atoms. The maximum Gasteiger partial charge on any atom is 0.417 e. The predicted octanol–water partition coefficient (Wildman–Crippen LogP) is 1.96. The van der Waals surface area contributed by atoms with Gasteiger partial charge in [-0.3, -0.25) is 4.79 Å². The summed E-state index contributed by atoms with van der Waals surface area (Å²) in [4.78, 5) is 20.0. The van der Waals surface area contributed by atoms with Crippen molar-refractivity contribution in [2.45, 2.75) is 31.5 Å². The highest BCUT2D eigenvalue weighted by atomic mass is 32.2. The van der Waals surface area contributed by atoms with Crippen molar-refractivity contribution in [1.29, 1.82) is 0 Å². The molecule has 3 heterocycles. The molecule has 2 aliphatic rings. The molecule has 1 aromatic rings. The van der Waals surface area contributed by atoms with E-state index in [4.69, 9.17) is 0 Å². The Morgan fingerprint density at radius 3 is 2.37 bits per heavy atom. The molecule has 3 rings (SSSR count). The van der Waals surface area contributed by atoms with Gasteiger partial charge in [0.25, 0.3) is 0 Å². The first-order chi connectivity index (χ1) is 12.6. The minimum absolute atomic E-state index is 0.0174. The molecule has 2 saturated heterocycles. The lowest BCUT2D eigenvalue weighted by Gasteiger charge is -2.35. The zero-order valence-corrected chi connectivity index (χ0v) is 15.8. The van der Waals surface area contributed by atoms with Gasteiger partial charge >= 0.3 is 6.18 Å². The summed E-state index contributed by atoms with van der Waals surface area (Å²) in [5.41, 5.74) is -0.788. The summed E-state index contributed by atoms with van der Waals surface area (Å²) in [5, 5.41) is 0. The number of anilines is 1. The van der Waals surface area contributed by atoms with E-state index in [1.165, 1.54) is 6.07 Å². The zero-order valence-electron chi connectivity index (χ0n) is 14.9. The van der Waals surface area contributed by atoms with Crippen LogP contribution in [0.5, 0.6) is 0 Å². The molecule has 1 atom stereocenters. The number of hydrogen-bond donors (Lipinski definition) is 0. The average Bonchev–Trinajstić information content (AvgIpc) is 3.00. The lowest BCUT2D eigenvalue weighted by molar-refractivity contribution is -0.138. The quantitative estimate of drug-likeness (QED) is 0.769. The van der Waals surface area contributed by atoms with Gasteiger partial charge in [0, 0.05) is 38.3 Å². The number of halogens is 3. The molecule has 27 heavy (non-hydrogen) atoms. The second kappa shape index (κ2) is 7.29. The van der Waals surface area contributed by atoms with Crippen LogP contribution >= 0.6 is 0 Å². The second-order valence-electron chi connectivity index (χ2n) is 7.17. The topological polar surface area (TPSA) is 70.6 Å². The molecule has 0 aliphatic carbocycles. The van der Waals surface area contributed by atoms with Gasteiger partial charge in [0.1, 0.15) is 5.82 Å². The van der Waals surface area contributed by atoms with Gasteiger partial charge in [0.15, 0.2) is 9.84 Å². The number of pyridine rings is 1. The van der Waals surface area contributed by atoms with Gasteiger partial charge in [0.05, 0.1) is 17.1 Å². The van der Waals surface area contributed by atoms with Gasteiger partial charge in [0.2, 0.25) is 5.91 Å². The fourth-order valence-corrected chi connectivity index (χ4v) is 5.42. The van der Waals surface area contributed by atoms with Crippen molar-refractivity contribution in [3.05, 3.63) is 23.9 Å². The molecule has 0 aromatic carbocycles. The number of nitrogens with zero attached hydrogens (tertiary/aromatic N) is 3. The normalized spacial score (nSPS) is 23.4. The molecule has 2 fully saturated rings. The van der Waals surface area contributed by atoms with Crippen molar-refractivity contribution in [2.75, 3.05) is 36.5 Å². The Hall–Kier alpha value is -1.84. The lowest BCUT2D eigenvalue weighted by Crippen LogP contribution is -2.45. The molecule has 0 saturated carbocycles. The lowest BCUT2D eigenvalue weighted by atomic mass is 9.94. The van der Waals surface area contributed by atoms with Gasteiger partial charge < -0.3 is 9.80 Å². The van der Waals surface area contributed by atoms with Crippen LogP contribution in [-0.4, -0.2) is 61.9 Å². The van der Waals surface area contributed by atoms with Crippen LogP contribution in [0.15, 0.2) is 18.3 Å². The first-order valence-corrected chi connectivity index (χ1v) is 10.6. The largest absolute Gasteiger partial charge is 0.417 e. The number of rotatable bonds is 3. The molecule has 150 valence electrons. The summed E-state index contributed by atoms with van der Waals surface area (Å²) in [6.45, 7) is 1.04. The van der Waals surface area contributed by atoms with Gasteiger partial charge in [-0.05, 0) is 31.4 Å². The van der Waals surface area contributed by atoms with Crippen LogP contribution in [0, 0.1) is 5.92 Å². The average molecular weight is 405 g/mol. The number of amides is 1. The number of sulfone groups is 1. The van der Waals surface area contributed by atoms with E-state index in [1.807, 2.05) is 4.90 Å². The second-order valence-corrected chi connectivity index (χ2v) is 9.40. The number of piperidine rings is 1. The molecule has 0 spiro atoms. The molecule has 0 N–H and O–H groups in total. The van der Waals surface area contributed by atoms with E-state index >= 15 is 0 Å². The van der Waals surface area contributed by atoms with Crippen molar-refractivity contribution >= 4 is 21.6 Å². The molecule has 10 heteroatoms. The molecular formula is C17H22F3N3O3S. The van der Waals surface area contributed by atoms with Crippen LogP contribution in [-0.2, 0) is 20.8 Å². The Kier molecular flexibility index (Phi) is 5.38. The smallest absolute Gasteiger partial charge is 0.357 e. The number of alkyl halides is 3. The van der Waals surface area contributed by atoms with E-state index in [-0.39, 0.29) is 29.4 Å². The zero-order chi connectivity index (χ0) is 19.8. The highest BCUT2D eigenvalue weighted by Gasteiger charge is 2.36. The third-order valence-electron chi connectivity index (χ3n) is 5.35. The Bertz CT molecular complexity index is 788. The molecule has 6 nitrogen and oxygen atoms in total. The van der Waals surface area contributed by atoms with E-state index in [0.29, 0.717) is 38.2 Å². The van der Waals surface area contributed by atoms with Gasteiger partial charge in [-0.2, -0.15) is 13.2 Å². The highest BCUT2D eigenvalue weighted by molar-refractivity contribution is 7.91. The van der Waals surface area contributed by atoms with Crippen molar-refractivity contribution in [2.24, 2.45) is 5.92 Å². The maximum atomic E-state index is 12.7. The summed E-state index contributed by atoms with van der Waals surface area (Å²) in [5.74, 6) is 0.335. The molecular weight excluding hydrogens is 383 g/mol. The SMILES string of the molecule is CN(C(=O)C1CCN(c2ccc(C(F)(F)F)cn2)CC1)C1CCS(=O)(=O)C1. The van der Waals surface area contributed by atoms with E-state index in [9.17, 15) is 26.4 Å². The van der Waals surface area contributed by atoms with Gasteiger partial charge in [-0.25, -0.2) is 13.4 Å². The third kappa shape index (κ3) is 4.53. The first kappa shape index (κ1) is 19.9. The predicted molar refractivity (Wildman–Crippen MR) is 94.0 cm³/mol. The Labute approximate surface area is 156 Å². The van der Waals surface area contributed by atoms with Crippen LogP contribution < -0.4 is 4.90 Å². The van der Waals surface area contributed by atoms with E-state index < -0.39 is 21.6 Å². The highest BCUT2D eigenvalue weighted by Crippen LogP contribution is 2.30. The summed E-state index contributed by atoms with van der Waals surface area (Å²) in [7, 11) is -1.40. The molecule has 1 aromatic heterocycles. The van der Waals surface area contributed by atoms with E-state index in [0.717, 1.165) is 12.3 Å². The van der Waals surface area contributed by atoms with Crippen molar-refractivity contribution in [3.8, 4) is 0 Å². The van der Waals surface area contributed by atoms with Crippen LogP contribution in [0.3, 0.4) is 0 Å². The van der Waals surface area contributed by atoms with Gasteiger partial charge in [-0.1, -0.05) is 0 Å². The van der Waals surface area contributed by atoms with Crippen LogP contribution in [0.2, 0.25) is 0 Å². The number of carbonyl (C=O) groups excluding carboxylic acids is 1. The number of hydrogen-bond acceptors (Lipinski definition) is 5. The van der Waals surface area contributed by atoms with Crippen molar-refractivity contribution < 1.29 is 26.4 Å². The fraction of sp³-hybridized carbons (Fsp3) is 0.647. The molecule has 0 radical (unpaired) electrons. The van der Waals surface area contributed by atoms with Crippen molar-refractivity contribution in [3.63, 3.8) is 0 Å². The molecule has 2 aliphatic heterocycles. The summed E-state index contributed by atoms with van der Waals surface area (Å²) < 4.78 is 61.1. The minimum atomic E-state index is -4.41. The van der Waals surface area contributed by atoms with Crippen LogP contribution in [0.4, 0.5) is 19.0 Å². The van der Waals surface area contributed by atoms with Crippen molar-refractivity contribution in [1.82, 2.24) is 9.88 Å². The number of aromatic nitrogens is 1. The monoisotopic (exact) mass is 405 g/mol. The Morgan fingerprint density at radius 1 is 1.22 bits per heavy atom. The van der Waals surface area contributed by atoms with E-state index in [1.54, 1.807) is 11.9 Å². The standard InChI is InChI=1S/C17H22F3N3O3S/c1-22(14-6-9-27(25,26)11-14)16(24)12-4-7-23(8-5-12)15-3-2-13(10-21-15)17(18,19)20/h2-3,10,12,14H,4-9,11H2,1H3. The maximum absolute atomic E-state index is 12.7. The number of carbonyl (C=O) groups is 1. The van der Waals surface area contributed by atoms with Crippen LogP contribution in [0.25, 0.3) is 0 Å². The van der Waals surface area contributed by atoms with Crippen LogP contribution in [0.1, 0.15) is 24.8 Å². The van der Waals surface area contributed by atoms with E-state index in [2.05, 4.69) is 4.98 Å². The minimum Gasteiger partial charge on any atom is -0.357 e. The fourth-order valence-electron chi connectivity index (χ4n) is 3.65. The summed E-state index contributed by atoms with van der Waals surface area (Å²) in [6.07, 6.45) is -2.00. The Morgan fingerprint density at radius 2 is 1.89 bits per heavy atom. The van der Waals surface area contributed by atoms with Gasteiger partial charge in [-0.15, -0.1) is 0 Å². The first-order valence-electron chi connectivity index (χ1n) is 8.82. The summed E-state index contributed by atoms with van der Waals surface area (Å²) in [6, 6.07) is 2.09. The molecule has 1 unspecified atom stereocenters. The summed E-state index contributed by atoms with van der Waals surface area (Å²) >= 11 is 0. The third-order valence-corrected chi connectivity index (χ3v) is 7.10. The molecule has 1 amide bonds. The Balaban J connectivity index is 1.56.